The van der Waals surface area contributed by atoms with Gasteiger partial charge in [-0.3, -0.25) is 0 Å². The number of hydrogen-bond donors (Lipinski definition) is 0. The molecule has 1 saturated heterocycles. The summed E-state index contributed by atoms with van der Waals surface area (Å²) in [7, 11) is 2.24. The van der Waals surface area contributed by atoms with Crippen LogP contribution in [-0.2, 0) is 12.8 Å². The molecule has 3 atom stereocenters. The van der Waals surface area contributed by atoms with Gasteiger partial charge in [0.15, 0.2) is 0 Å². The minimum atomic E-state index is 0.892. The fraction of sp³-hybridized carbons (Fsp3) is 0.538. The number of benzene rings is 1. The molecule has 14 heavy (non-hydrogen) atoms. The Morgan fingerprint density at radius 3 is 2.64 bits per heavy atom. The van der Waals surface area contributed by atoms with Gasteiger partial charge in [-0.1, -0.05) is 24.3 Å². The van der Waals surface area contributed by atoms with E-state index in [0.717, 1.165) is 12.0 Å². The molecule has 1 aromatic rings. The van der Waals surface area contributed by atoms with E-state index in [1.165, 1.54) is 25.8 Å². The molecule has 0 N–H and O–H groups in total. The smallest absolute Gasteiger partial charge is 0.0252 e. The van der Waals surface area contributed by atoms with Gasteiger partial charge in [0.25, 0.3) is 0 Å². The van der Waals surface area contributed by atoms with Crippen molar-refractivity contribution in [2.24, 2.45) is 5.92 Å². The van der Waals surface area contributed by atoms with Gasteiger partial charge in [0.2, 0.25) is 0 Å². The van der Waals surface area contributed by atoms with Crippen molar-refractivity contribution < 1.29 is 0 Å². The summed E-state index contributed by atoms with van der Waals surface area (Å²) in [6.07, 6.45) is 4.00. The van der Waals surface area contributed by atoms with Crippen LogP contribution in [-0.4, -0.2) is 24.5 Å². The number of nitrogens with zero attached hydrogens (tertiary/aromatic N) is 1. The van der Waals surface area contributed by atoms with E-state index in [9.17, 15) is 0 Å². The normalized spacial score (nSPS) is 35.1. The highest BCUT2D eigenvalue weighted by Crippen LogP contribution is 2.34. The highest BCUT2D eigenvalue weighted by Gasteiger charge is 2.38. The second kappa shape index (κ2) is 3.09. The van der Waals surface area contributed by atoms with Gasteiger partial charge in [-0.2, -0.15) is 0 Å². The molecule has 1 heteroatoms. The van der Waals surface area contributed by atoms with E-state index in [1.807, 2.05) is 0 Å². The molecule has 1 aliphatic carbocycles. The van der Waals surface area contributed by atoms with Crippen molar-refractivity contribution in [1.82, 2.24) is 4.90 Å². The van der Waals surface area contributed by atoms with E-state index >= 15 is 0 Å². The molecule has 0 aromatic heterocycles. The fourth-order valence-electron chi connectivity index (χ4n) is 2.81. The molecular weight excluding hydrogens is 170 g/mol. The molecule has 1 heterocycles. The van der Waals surface area contributed by atoms with Crippen molar-refractivity contribution >= 4 is 0 Å². The molecule has 0 saturated carbocycles. The van der Waals surface area contributed by atoms with Crippen molar-refractivity contribution in [3.05, 3.63) is 35.4 Å². The summed E-state index contributed by atoms with van der Waals surface area (Å²) in [6, 6.07) is 9.84. The summed E-state index contributed by atoms with van der Waals surface area (Å²) in [5.74, 6) is 0.926. The molecular formula is C13H17N. The Balaban J connectivity index is 1.80. The van der Waals surface area contributed by atoms with Crippen LogP contribution in [0.2, 0.25) is 0 Å². The van der Waals surface area contributed by atoms with E-state index in [1.54, 1.807) is 11.1 Å². The van der Waals surface area contributed by atoms with E-state index in [-0.39, 0.29) is 0 Å². The lowest BCUT2D eigenvalue weighted by Gasteiger charge is -2.24. The van der Waals surface area contributed by atoms with Crippen molar-refractivity contribution in [1.29, 1.82) is 0 Å². The SMILES string of the molecule is CN1CC1C1CCc2ccccc2C1. The second-order valence-electron chi connectivity index (χ2n) is 4.78. The molecule has 1 nitrogen and oxygen atoms in total. The highest BCUT2D eigenvalue weighted by atomic mass is 15.3. The standard InChI is InChI=1S/C13H17N/c1-14-9-13(14)12-7-6-10-4-2-3-5-11(10)8-12/h2-5,12-13H,6-9H2,1H3. The first-order chi connectivity index (χ1) is 6.84. The van der Waals surface area contributed by atoms with Crippen LogP contribution in [0.4, 0.5) is 0 Å². The highest BCUT2D eigenvalue weighted by molar-refractivity contribution is 5.30. The maximum atomic E-state index is 2.47. The monoisotopic (exact) mass is 187 g/mol. The number of fused-ring (bicyclic) bond motifs is 1. The Bertz CT molecular complexity index is 345. The summed E-state index contributed by atoms with van der Waals surface area (Å²) in [5.41, 5.74) is 3.19. The third-order valence-corrected chi connectivity index (χ3v) is 3.84. The van der Waals surface area contributed by atoms with Gasteiger partial charge in [-0.15, -0.1) is 0 Å². The van der Waals surface area contributed by atoms with Gasteiger partial charge in [-0.05, 0) is 43.4 Å². The van der Waals surface area contributed by atoms with Gasteiger partial charge >= 0.3 is 0 Å². The van der Waals surface area contributed by atoms with Crippen molar-refractivity contribution in [2.75, 3.05) is 13.6 Å². The van der Waals surface area contributed by atoms with Gasteiger partial charge in [0.05, 0.1) is 0 Å². The summed E-state index contributed by atoms with van der Waals surface area (Å²) < 4.78 is 0. The summed E-state index contributed by atoms with van der Waals surface area (Å²) >= 11 is 0. The molecule has 3 unspecified atom stereocenters. The largest absolute Gasteiger partial charge is 0.300 e. The first-order valence-corrected chi connectivity index (χ1v) is 5.61. The lowest BCUT2D eigenvalue weighted by Crippen LogP contribution is -2.20. The molecule has 1 aliphatic heterocycles. The van der Waals surface area contributed by atoms with Crippen LogP contribution < -0.4 is 0 Å². The Kier molecular flexibility index (Phi) is 1.88. The van der Waals surface area contributed by atoms with Crippen molar-refractivity contribution in [2.45, 2.75) is 25.3 Å². The molecule has 0 radical (unpaired) electrons. The molecule has 0 bridgehead atoms. The zero-order valence-corrected chi connectivity index (χ0v) is 8.74. The van der Waals surface area contributed by atoms with Gasteiger partial charge in [0.1, 0.15) is 0 Å². The first-order valence-electron chi connectivity index (χ1n) is 5.61. The number of rotatable bonds is 1. The third kappa shape index (κ3) is 1.36. The van der Waals surface area contributed by atoms with Crippen molar-refractivity contribution in [3.63, 3.8) is 0 Å². The predicted molar refractivity (Wildman–Crippen MR) is 58.4 cm³/mol. The average Bonchev–Trinajstić information content (AvgIpc) is 2.95. The number of aryl methyl sites for hydroxylation is 1. The quantitative estimate of drug-likeness (QED) is 0.608. The summed E-state index contributed by atoms with van der Waals surface area (Å²) in [5, 5.41) is 0. The van der Waals surface area contributed by atoms with Crippen LogP contribution in [0.1, 0.15) is 17.5 Å². The zero-order valence-electron chi connectivity index (χ0n) is 8.74. The summed E-state index contributed by atoms with van der Waals surface area (Å²) in [6.45, 7) is 1.33. The topological polar surface area (TPSA) is 3.01 Å². The molecule has 1 fully saturated rings. The predicted octanol–water partition coefficient (Wildman–Crippen LogP) is 2.11. The van der Waals surface area contributed by atoms with Crippen LogP contribution in [0, 0.1) is 5.92 Å². The zero-order chi connectivity index (χ0) is 9.54. The molecule has 0 amide bonds. The molecule has 1 aromatic carbocycles. The molecule has 74 valence electrons. The molecule has 2 aliphatic rings. The van der Waals surface area contributed by atoms with Crippen LogP contribution in [0.15, 0.2) is 24.3 Å². The number of likely N-dealkylation sites (N-methyl/N-ethyl adjacent to an activating group) is 1. The average molecular weight is 187 g/mol. The fourth-order valence-corrected chi connectivity index (χ4v) is 2.81. The van der Waals surface area contributed by atoms with Crippen LogP contribution in [0.25, 0.3) is 0 Å². The van der Waals surface area contributed by atoms with E-state index in [2.05, 4.69) is 36.2 Å². The van der Waals surface area contributed by atoms with E-state index < -0.39 is 0 Å². The molecule has 3 rings (SSSR count). The van der Waals surface area contributed by atoms with Crippen LogP contribution in [0.5, 0.6) is 0 Å². The maximum absolute atomic E-state index is 2.47. The molecule has 0 spiro atoms. The third-order valence-electron chi connectivity index (χ3n) is 3.84. The lowest BCUT2D eigenvalue weighted by atomic mass is 9.82. The van der Waals surface area contributed by atoms with Crippen LogP contribution in [0.3, 0.4) is 0 Å². The Morgan fingerprint density at radius 1 is 1.21 bits per heavy atom. The van der Waals surface area contributed by atoms with Crippen LogP contribution >= 0.6 is 0 Å². The van der Waals surface area contributed by atoms with E-state index in [0.29, 0.717) is 0 Å². The Labute approximate surface area is 85.7 Å². The minimum Gasteiger partial charge on any atom is -0.300 e. The van der Waals surface area contributed by atoms with Gasteiger partial charge in [-0.25, -0.2) is 0 Å². The van der Waals surface area contributed by atoms with E-state index in [4.69, 9.17) is 0 Å². The summed E-state index contributed by atoms with van der Waals surface area (Å²) in [4.78, 5) is 2.47. The van der Waals surface area contributed by atoms with Gasteiger partial charge < -0.3 is 4.90 Å². The Hall–Kier alpha value is -0.820. The van der Waals surface area contributed by atoms with Gasteiger partial charge in [0, 0.05) is 12.6 Å². The Morgan fingerprint density at radius 2 is 1.93 bits per heavy atom. The maximum Gasteiger partial charge on any atom is 0.0252 e. The second-order valence-corrected chi connectivity index (χ2v) is 4.78. The lowest BCUT2D eigenvalue weighted by molar-refractivity contribution is 0.398. The minimum absolute atomic E-state index is 0.892. The number of hydrogen-bond acceptors (Lipinski definition) is 1. The first kappa shape index (κ1) is 8.49. The van der Waals surface area contributed by atoms with Crippen molar-refractivity contribution in [3.8, 4) is 0 Å².